The first-order chi connectivity index (χ1) is 8.94. The summed E-state index contributed by atoms with van der Waals surface area (Å²) >= 11 is 4.57. The third-order valence-corrected chi connectivity index (χ3v) is 2.40. The number of aromatic nitrogens is 1. The number of rotatable bonds is 3. The summed E-state index contributed by atoms with van der Waals surface area (Å²) in [7, 11) is 0. The molecule has 10 heteroatoms. The van der Waals surface area contributed by atoms with E-state index in [1.54, 1.807) is 0 Å². The molecular formula is C10H8F6N2OS. The zero-order chi connectivity index (χ0) is 15.7. The van der Waals surface area contributed by atoms with E-state index in [0.29, 0.717) is 0 Å². The van der Waals surface area contributed by atoms with E-state index in [1.807, 2.05) is 0 Å². The van der Waals surface area contributed by atoms with Gasteiger partial charge in [-0.15, -0.1) is 0 Å². The van der Waals surface area contributed by atoms with Crippen molar-refractivity contribution in [3.63, 3.8) is 0 Å². The largest absolute Gasteiger partial charge is 0.454 e. The minimum atomic E-state index is -5.64. The van der Waals surface area contributed by atoms with E-state index in [0.717, 1.165) is 6.20 Å². The van der Waals surface area contributed by atoms with Crippen molar-refractivity contribution in [2.24, 2.45) is 5.73 Å². The third-order valence-electron chi connectivity index (χ3n) is 2.19. The number of thiocarbonyl (C=S) groups is 1. The van der Waals surface area contributed by atoms with Crippen molar-refractivity contribution < 1.29 is 31.1 Å². The van der Waals surface area contributed by atoms with E-state index in [4.69, 9.17) is 5.73 Å². The maximum Gasteiger partial charge on any atom is 0.434 e. The molecule has 0 fully saturated rings. The molecule has 112 valence electrons. The highest BCUT2D eigenvalue weighted by molar-refractivity contribution is 7.80. The SMILES string of the molecule is Cc1ccnc(OC(C(F)(F)F)C(F)(F)F)c1C(N)=S. The summed E-state index contributed by atoms with van der Waals surface area (Å²) in [6, 6.07) is 1.33. The Bertz CT molecular complexity index is 499. The quantitative estimate of drug-likeness (QED) is 0.688. The number of aryl methyl sites for hydroxylation is 1. The van der Waals surface area contributed by atoms with E-state index < -0.39 is 29.3 Å². The van der Waals surface area contributed by atoms with Crippen LogP contribution in [0.1, 0.15) is 11.1 Å². The minimum Gasteiger partial charge on any atom is -0.454 e. The van der Waals surface area contributed by atoms with Crippen molar-refractivity contribution in [1.29, 1.82) is 0 Å². The summed E-state index contributed by atoms with van der Waals surface area (Å²) in [4.78, 5) is 2.93. The smallest absolute Gasteiger partial charge is 0.434 e. The Hall–Kier alpha value is -1.58. The highest BCUT2D eigenvalue weighted by Crippen LogP contribution is 2.37. The standard InChI is InChI=1S/C10H8F6N2OS/c1-4-2-3-18-7(5(4)6(17)20)19-8(9(11,12)13)10(14,15)16/h2-3,8H,1H3,(H2,17,20). The number of pyridine rings is 1. The molecule has 0 radical (unpaired) electrons. The molecule has 20 heavy (non-hydrogen) atoms. The fourth-order valence-corrected chi connectivity index (χ4v) is 1.60. The first-order valence-corrected chi connectivity index (χ1v) is 5.41. The Kier molecular flexibility index (Phi) is 4.47. The molecular weight excluding hydrogens is 310 g/mol. The van der Waals surface area contributed by atoms with Crippen LogP contribution in [0.25, 0.3) is 0 Å². The predicted octanol–water partition coefficient (Wildman–Crippen LogP) is 2.90. The Morgan fingerprint density at radius 1 is 1.25 bits per heavy atom. The predicted molar refractivity (Wildman–Crippen MR) is 61.4 cm³/mol. The summed E-state index contributed by atoms with van der Waals surface area (Å²) in [5.41, 5.74) is 5.25. The third kappa shape index (κ3) is 3.71. The average molecular weight is 318 g/mol. The lowest BCUT2D eigenvalue weighted by molar-refractivity contribution is -0.300. The lowest BCUT2D eigenvalue weighted by Crippen LogP contribution is -2.47. The van der Waals surface area contributed by atoms with Crippen LogP contribution in [0.2, 0.25) is 0 Å². The molecule has 0 spiro atoms. The van der Waals surface area contributed by atoms with Gasteiger partial charge >= 0.3 is 12.4 Å². The number of ether oxygens (including phenoxy) is 1. The molecule has 0 aliphatic heterocycles. The molecule has 3 nitrogen and oxygen atoms in total. The molecule has 0 aliphatic rings. The number of halogens is 6. The molecule has 2 N–H and O–H groups in total. The van der Waals surface area contributed by atoms with Gasteiger partial charge in [-0.25, -0.2) is 4.98 Å². The van der Waals surface area contributed by atoms with Crippen LogP contribution >= 0.6 is 12.2 Å². The molecule has 0 unspecified atom stereocenters. The molecule has 0 atom stereocenters. The van der Waals surface area contributed by atoms with Gasteiger partial charge in [-0.1, -0.05) is 12.2 Å². The lowest BCUT2D eigenvalue weighted by atomic mass is 10.1. The van der Waals surface area contributed by atoms with Crippen LogP contribution in [0.5, 0.6) is 5.88 Å². The molecule has 0 saturated carbocycles. The topological polar surface area (TPSA) is 48.1 Å². The second-order valence-corrected chi connectivity index (χ2v) is 4.19. The molecule has 1 aromatic heterocycles. The first-order valence-electron chi connectivity index (χ1n) is 5.00. The Morgan fingerprint density at radius 3 is 2.15 bits per heavy atom. The van der Waals surface area contributed by atoms with Gasteiger partial charge in [-0.3, -0.25) is 0 Å². The first kappa shape index (κ1) is 16.5. The molecule has 0 amide bonds. The Balaban J connectivity index is 3.26. The van der Waals surface area contributed by atoms with Gasteiger partial charge in [0, 0.05) is 6.20 Å². The van der Waals surface area contributed by atoms with Gasteiger partial charge in [0.25, 0.3) is 6.10 Å². The van der Waals surface area contributed by atoms with Crippen LogP contribution in [-0.2, 0) is 0 Å². The van der Waals surface area contributed by atoms with Crippen molar-refractivity contribution in [2.75, 3.05) is 0 Å². The Morgan fingerprint density at radius 2 is 1.75 bits per heavy atom. The van der Waals surface area contributed by atoms with E-state index >= 15 is 0 Å². The summed E-state index contributed by atoms with van der Waals surface area (Å²) in [6.45, 7) is 1.40. The van der Waals surface area contributed by atoms with Gasteiger partial charge in [0.2, 0.25) is 5.88 Å². The lowest BCUT2D eigenvalue weighted by Gasteiger charge is -2.24. The minimum absolute atomic E-state index is 0.255. The van der Waals surface area contributed by atoms with Crippen molar-refractivity contribution >= 4 is 17.2 Å². The molecule has 0 bridgehead atoms. The van der Waals surface area contributed by atoms with Crippen molar-refractivity contribution in [2.45, 2.75) is 25.4 Å². The summed E-state index contributed by atoms with van der Waals surface area (Å²) in [5, 5.41) is 0. The van der Waals surface area contributed by atoms with Gasteiger partial charge < -0.3 is 10.5 Å². The zero-order valence-electron chi connectivity index (χ0n) is 9.84. The highest BCUT2D eigenvalue weighted by Gasteiger charge is 2.59. The summed E-state index contributed by atoms with van der Waals surface area (Å²) in [5.74, 6) is -0.905. The summed E-state index contributed by atoms with van der Waals surface area (Å²) in [6.07, 6.45) is -14.3. The molecule has 0 saturated heterocycles. The van der Waals surface area contributed by atoms with Crippen LogP contribution in [0.15, 0.2) is 12.3 Å². The molecule has 0 aliphatic carbocycles. The van der Waals surface area contributed by atoms with Crippen molar-refractivity contribution in [3.8, 4) is 5.88 Å². The number of hydrogen-bond acceptors (Lipinski definition) is 3. The fourth-order valence-electron chi connectivity index (χ4n) is 1.35. The average Bonchev–Trinajstić information content (AvgIpc) is 2.22. The highest BCUT2D eigenvalue weighted by atomic mass is 32.1. The van der Waals surface area contributed by atoms with Gasteiger partial charge in [0.1, 0.15) is 4.99 Å². The van der Waals surface area contributed by atoms with Crippen LogP contribution in [0.3, 0.4) is 0 Å². The number of alkyl halides is 6. The number of hydrogen-bond donors (Lipinski definition) is 1. The van der Waals surface area contributed by atoms with Crippen LogP contribution in [0.4, 0.5) is 26.3 Å². The zero-order valence-corrected chi connectivity index (χ0v) is 10.7. The van der Waals surface area contributed by atoms with Gasteiger partial charge in [-0.2, -0.15) is 26.3 Å². The van der Waals surface area contributed by atoms with Crippen LogP contribution in [-0.4, -0.2) is 28.4 Å². The van der Waals surface area contributed by atoms with Crippen LogP contribution in [0, 0.1) is 6.92 Å². The molecule has 1 heterocycles. The number of nitrogens with zero attached hydrogens (tertiary/aromatic N) is 1. The van der Waals surface area contributed by atoms with Crippen LogP contribution < -0.4 is 10.5 Å². The van der Waals surface area contributed by atoms with E-state index in [-0.39, 0.29) is 11.1 Å². The fraction of sp³-hybridized carbons (Fsp3) is 0.400. The van der Waals surface area contributed by atoms with Crippen molar-refractivity contribution in [1.82, 2.24) is 4.98 Å². The molecule has 1 aromatic rings. The second-order valence-electron chi connectivity index (χ2n) is 3.75. The van der Waals surface area contributed by atoms with E-state index in [9.17, 15) is 26.3 Å². The normalized spacial score (nSPS) is 12.6. The monoisotopic (exact) mass is 318 g/mol. The van der Waals surface area contributed by atoms with Gasteiger partial charge in [0.15, 0.2) is 0 Å². The number of nitrogens with two attached hydrogens (primary N) is 1. The molecule has 1 rings (SSSR count). The Labute approximate surface area is 114 Å². The van der Waals surface area contributed by atoms with E-state index in [2.05, 4.69) is 21.9 Å². The summed E-state index contributed by atoms with van der Waals surface area (Å²) < 4.78 is 78.4. The maximum absolute atomic E-state index is 12.4. The van der Waals surface area contributed by atoms with E-state index in [1.165, 1.54) is 13.0 Å². The van der Waals surface area contributed by atoms with Gasteiger partial charge in [-0.05, 0) is 18.6 Å². The maximum atomic E-state index is 12.4. The van der Waals surface area contributed by atoms with Crippen molar-refractivity contribution in [3.05, 3.63) is 23.4 Å². The van der Waals surface area contributed by atoms with Gasteiger partial charge in [0.05, 0.1) is 5.56 Å². The second kappa shape index (κ2) is 5.43. The molecule has 0 aromatic carbocycles.